The Labute approximate surface area is 205 Å². The van der Waals surface area contributed by atoms with Crippen molar-refractivity contribution in [3.05, 3.63) is 131 Å². The Balaban J connectivity index is 1.85. The summed E-state index contributed by atoms with van der Waals surface area (Å²) in [6.45, 7) is 2.05. The average molecular weight is 465 g/mol. The van der Waals surface area contributed by atoms with Gasteiger partial charge in [0.25, 0.3) is 5.91 Å². The van der Waals surface area contributed by atoms with E-state index in [4.69, 9.17) is 9.57 Å². The molecule has 1 heterocycles. The van der Waals surface area contributed by atoms with Gasteiger partial charge in [0.1, 0.15) is 5.75 Å². The first-order valence-corrected chi connectivity index (χ1v) is 11.6. The van der Waals surface area contributed by atoms with Crippen LogP contribution in [0.2, 0.25) is 0 Å². The Morgan fingerprint density at radius 1 is 0.800 bits per heavy atom. The number of amides is 1. The van der Waals surface area contributed by atoms with Crippen molar-refractivity contribution in [3.63, 3.8) is 0 Å². The fourth-order valence-corrected chi connectivity index (χ4v) is 5.04. The third kappa shape index (κ3) is 3.84. The van der Waals surface area contributed by atoms with Crippen molar-refractivity contribution in [1.29, 1.82) is 0 Å². The Kier molecular flexibility index (Phi) is 6.01. The van der Waals surface area contributed by atoms with Crippen LogP contribution in [0.3, 0.4) is 0 Å². The molecule has 0 spiro atoms. The fourth-order valence-electron chi connectivity index (χ4n) is 5.04. The maximum absolute atomic E-state index is 13.8. The average Bonchev–Trinajstić information content (AvgIpc) is 3.13. The van der Waals surface area contributed by atoms with Crippen LogP contribution in [0, 0.1) is 6.92 Å². The van der Waals surface area contributed by atoms with Gasteiger partial charge in [-0.3, -0.25) is 9.63 Å². The van der Waals surface area contributed by atoms with Crippen LogP contribution in [0.5, 0.6) is 5.75 Å². The van der Waals surface area contributed by atoms with Gasteiger partial charge >= 0.3 is 0 Å². The highest BCUT2D eigenvalue weighted by Crippen LogP contribution is 2.52. The minimum atomic E-state index is -1.09. The number of nitrogens with one attached hydrogen (secondary N) is 1. The Morgan fingerprint density at radius 2 is 1.40 bits per heavy atom. The number of ether oxygens (including phenoxy) is 1. The smallest absolute Gasteiger partial charge is 0.280 e. The van der Waals surface area contributed by atoms with Gasteiger partial charge in [0.15, 0.2) is 5.66 Å². The van der Waals surface area contributed by atoms with E-state index in [1.54, 1.807) is 14.2 Å². The van der Waals surface area contributed by atoms with Crippen LogP contribution in [0.1, 0.15) is 38.5 Å². The molecule has 1 atom stereocenters. The van der Waals surface area contributed by atoms with Crippen LogP contribution in [0.4, 0.5) is 5.69 Å². The van der Waals surface area contributed by atoms with E-state index in [-0.39, 0.29) is 11.8 Å². The normalized spacial score (nSPS) is 16.9. The number of carbonyl (C=O) groups excluding carboxylic acids is 1. The molecule has 176 valence electrons. The van der Waals surface area contributed by atoms with Gasteiger partial charge in [-0.25, -0.2) is 0 Å². The Hall–Kier alpha value is -4.09. The zero-order valence-electron chi connectivity index (χ0n) is 20.1. The number of anilines is 1. The summed E-state index contributed by atoms with van der Waals surface area (Å²) in [4.78, 5) is 19.7. The van der Waals surface area contributed by atoms with Crippen LogP contribution in [0.15, 0.2) is 103 Å². The second kappa shape index (κ2) is 9.28. The quantitative estimate of drug-likeness (QED) is 0.358. The zero-order chi connectivity index (χ0) is 24.4. The van der Waals surface area contributed by atoms with Gasteiger partial charge in [0.05, 0.1) is 20.1 Å². The van der Waals surface area contributed by atoms with Crippen molar-refractivity contribution in [2.24, 2.45) is 0 Å². The molecule has 0 aromatic heterocycles. The lowest BCUT2D eigenvalue weighted by atomic mass is 9.76. The lowest BCUT2D eigenvalue weighted by Gasteiger charge is -2.45. The summed E-state index contributed by atoms with van der Waals surface area (Å²) < 4.78 is 5.60. The van der Waals surface area contributed by atoms with Gasteiger partial charge < -0.3 is 10.1 Å². The molecule has 5 heteroatoms. The molecule has 0 aliphatic carbocycles. The van der Waals surface area contributed by atoms with E-state index in [9.17, 15) is 4.79 Å². The first kappa shape index (κ1) is 22.7. The van der Waals surface area contributed by atoms with Crippen LogP contribution in [-0.2, 0) is 10.5 Å². The number of fused-ring (bicyclic) bond motifs is 1. The van der Waals surface area contributed by atoms with Gasteiger partial charge in [-0.2, -0.15) is 5.06 Å². The SMILES string of the molecule is COc1ccc2c(c1)C(Nc1ccc(C)cc1)(C(c1ccccc1)c1ccccc1)N(OC)C2=O. The summed E-state index contributed by atoms with van der Waals surface area (Å²) in [5, 5.41) is 5.22. The number of rotatable bonds is 7. The van der Waals surface area contributed by atoms with E-state index >= 15 is 0 Å². The van der Waals surface area contributed by atoms with Crippen molar-refractivity contribution in [2.75, 3.05) is 19.5 Å². The predicted octanol–water partition coefficient (Wildman–Crippen LogP) is 6.12. The molecule has 4 aromatic carbocycles. The minimum absolute atomic E-state index is 0.207. The number of nitrogens with zero attached hydrogens (tertiary/aromatic N) is 1. The first-order valence-electron chi connectivity index (χ1n) is 11.6. The lowest BCUT2D eigenvalue weighted by Crippen LogP contribution is -2.53. The number of hydrogen-bond acceptors (Lipinski definition) is 4. The third-order valence-corrected chi connectivity index (χ3v) is 6.63. The monoisotopic (exact) mass is 464 g/mol. The Morgan fingerprint density at radius 3 is 1.94 bits per heavy atom. The third-order valence-electron chi connectivity index (χ3n) is 6.63. The molecule has 0 radical (unpaired) electrons. The topological polar surface area (TPSA) is 50.8 Å². The summed E-state index contributed by atoms with van der Waals surface area (Å²) >= 11 is 0. The summed E-state index contributed by atoms with van der Waals surface area (Å²) in [6.07, 6.45) is 0. The van der Waals surface area contributed by atoms with Gasteiger partial charge in [-0.1, -0.05) is 78.4 Å². The molecular weight excluding hydrogens is 436 g/mol. The van der Waals surface area contributed by atoms with E-state index in [1.807, 2.05) is 66.7 Å². The van der Waals surface area contributed by atoms with Crippen molar-refractivity contribution in [2.45, 2.75) is 18.5 Å². The minimum Gasteiger partial charge on any atom is -0.497 e. The molecule has 0 fully saturated rings. The van der Waals surface area contributed by atoms with Gasteiger partial charge in [0, 0.05) is 16.8 Å². The maximum atomic E-state index is 13.8. The van der Waals surface area contributed by atoms with Crippen LogP contribution < -0.4 is 10.1 Å². The van der Waals surface area contributed by atoms with Gasteiger partial charge in [-0.15, -0.1) is 0 Å². The Bertz CT molecular complexity index is 1280. The van der Waals surface area contributed by atoms with Crippen LogP contribution in [-0.4, -0.2) is 25.2 Å². The predicted molar refractivity (Wildman–Crippen MR) is 137 cm³/mol. The number of benzene rings is 4. The van der Waals surface area contributed by atoms with E-state index in [0.717, 1.165) is 27.9 Å². The van der Waals surface area contributed by atoms with Crippen molar-refractivity contribution < 1.29 is 14.4 Å². The highest BCUT2D eigenvalue weighted by atomic mass is 16.7. The molecule has 35 heavy (non-hydrogen) atoms. The molecule has 0 bridgehead atoms. The van der Waals surface area contributed by atoms with Crippen molar-refractivity contribution in [1.82, 2.24) is 5.06 Å². The number of carbonyl (C=O) groups is 1. The van der Waals surface area contributed by atoms with Crippen LogP contribution >= 0.6 is 0 Å². The standard InChI is InChI=1S/C30H28N2O3/c1-21-14-16-24(17-15-21)31-30(27-20-25(34-2)18-19-26(27)29(33)32(30)35-3)28(22-10-6-4-7-11-22)23-12-8-5-9-13-23/h4-20,28,31H,1-3H3. The molecule has 1 amide bonds. The number of hydrogen-bond donors (Lipinski definition) is 1. The van der Waals surface area contributed by atoms with E-state index < -0.39 is 5.66 Å². The number of hydroxylamine groups is 2. The van der Waals surface area contributed by atoms with Crippen LogP contribution in [0.25, 0.3) is 0 Å². The summed E-state index contributed by atoms with van der Waals surface area (Å²) in [5.41, 5.74) is 4.39. The molecule has 0 saturated carbocycles. The second-order valence-corrected chi connectivity index (χ2v) is 8.71. The van der Waals surface area contributed by atoms with Gasteiger partial charge in [0.2, 0.25) is 0 Å². The summed E-state index contributed by atoms with van der Waals surface area (Å²) in [6, 6.07) is 34.2. The maximum Gasteiger partial charge on any atom is 0.280 e. The molecule has 1 aliphatic rings. The highest BCUT2D eigenvalue weighted by Gasteiger charge is 2.57. The number of aryl methyl sites for hydroxylation is 1. The lowest BCUT2D eigenvalue weighted by molar-refractivity contribution is -0.155. The van der Waals surface area contributed by atoms with Crippen molar-refractivity contribution >= 4 is 11.6 Å². The largest absolute Gasteiger partial charge is 0.497 e. The summed E-state index contributed by atoms with van der Waals surface area (Å²) in [7, 11) is 3.17. The van der Waals surface area contributed by atoms with E-state index in [1.165, 1.54) is 5.06 Å². The molecule has 5 nitrogen and oxygen atoms in total. The van der Waals surface area contributed by atoms with Gasteiger partial charge in [-0.05, 0) is 48.4 Å². The number of methoxy groups -OCH3 is 1. The molecule has 5 rings (SSSR count). The first-order chi connectivity index (χ1) is 17.1. The molecule has 1 N–H and O–H groups in total. The highest BCUT2D eigenvalue weighted by molar-refractivity contribution is 6.00. The second-order valence-electron chi connectivity index (χ2n) is 8.71. The zero-order valence-corrected chi connectivity index (χ0v) is 20.1. The molecule has 1 aliphatic heterocycles. The molecule has 1 unspecified atom stereocenters. The van der Waals surface area contributed by atoms with E-state index in [0.29, 0.717) is 11.3 Å². The molecule has 0 saturated heterocycles. The van der Waals surface area contributed by atoms with Crippen molar-refractivity contribution in [3.8, 4) is 5.75 Å². The fraction of sp³-hybridized carbons (Fsp3) is 0.167. The summed E-state index contributed by atoms with van der Waals surface area (Å²) in [5.74, 6) is 0.162. The van der Waals surface area contributed by atoms with E-state index in [2.05, 4.69) is 48.6 Å². The molecular formula is C30H28N2O3. The molecule has 4 aromatic rings.